The molecule has 1 aliphatic heterocycles. The number of fused-ring (bicyclic) bond motifs is 2. The van der Waals surface area contributed by atoms with Crippen molar-refractivity contribution in [3.8, 4) is 5.88 Å². The van der Waals surface area contributed by atoms with Gasteiger partial charge in [0.2, 0.25) is 0 Å². The van der Waals surface area contributed by atoms with Crippen LogP contribution >= 0.6 is 0 Å². The van der Waals surface area contributed by atoms with Gasteiger partial charge in [0.05, 0.1) is 17.1 Å². The minimum atomic E-state index is 0.0985. The third kappa shape index (κ3) is 2.87. The number of aromatic nitrogens is 3. The lowest BCUT2D eigenvalue weighted by Crippen LogP contribution is -2.08. The van der Waals surface area contributed by atoms with Gasteiger partial charge in [0.1, 0.15) is 5.65 Å². The molecule has 2 N–H and O–H groups in total. The molecule has 0 amide bonds. The average Bonchev–Trinajstić information content (AvgIpc) is 3.28. The van der Waals surface area contributed by atoms with Crippen molar-refractivity contribution >= 4 is 34.6 Å². The van der Waals surface area contributed by atoms with E-state index in [2.05, 4.69) is 25.2 Å². The summed E-state index contributed by atoms with van der Waals surface area (Å²) in [6.45, 7) is 0. The van der Waals surface area contributed by atoms with Gasteiger partial charge in [-0.05, 0) is 59.8 Å². The second-order valence-corrected chi connectivity index (χ2v) is 6.38. The first-order valence-electron chi connectivity index (χ1n) is 8.80. The fraction of sp³-hybridized carbons (Fsp3) is 0. The number of nitrogens with zero attached hydrogens (tertiary/aromatic N) is 4. The van der Waals surface area contributed by atoms with E-state index in [9.17, 15) is 5.11 Å². The molecule has 134 valence electrons. The first-order chi connectivity index (χ1) is 13.8. The van der Waals surface area contributed by atoms with E-state index < -0.39 is 0 Å². The van der Waals surface area contributed by atoms with Gasteiger partial charge < -0.3 is 10.1 Å². The maximum Gasteiger partial charge on any atom is 0.198 e. The van der Waals surface area contributed by atoms with Gasteiger partial charge in [0.25, 0.3) is 0 Å². The third-order valence-corrected chi connectivity index (χ3v) is 4.56. The largest absolute Gasteiger partial charge is 0.494 e. The van der Waals surface area contributed by atoms with E-state index in [1.165, 1.54) is 0 Å². The standard InChI is InChI=1S/C22H15N5O/c28-22-18(16-5-3-11-24-21(16)25-22)12-14-6-8-17-19(26-27-20(17)13-14)9-7-15-4-1-2-10-23-15/h1-13,28H,(H,24,25)/b9-7+,14-12-. The zero-order chi connectivity index (χ0) is 18.9. The van der Waals surface area contributed by atoms with E-state index in [4.69, 9.17) is 0 Å². The Hall–Kier alpha value is -4.06. The molecule has 6 nitrogen and oxygen atoms in total. The SMILES string of the molecule is Oc1[nH]c2ncccc2c1/C=c1/ccc2c(c1)N=NC=2/C=C/c1ccccn1. The van der Waals surface area contributed by atoms with Gasteiger partial charge >= 0.3 is 0 Å². The van der Waals surface area contributed by atoms with E-state index in [0.29, 0.717) is 11.2 Å². The quantitative estimate of drug-likeness (QED) is 0.583. The second kappa shape index (κ2) is 6.59. The van der Waals surface area contributed by atoms with Crippen LogP contribution in [-0.4, -0.2) is 20.1 Å². The van der Waals surface area contributed by atoms with Crippen LogP contribution in [0.15, 0.2) is 77.2 Å². The third-order valence-electron chi connectivity index (χ3n) is 4.56. The van der Waals surface area contributed by atoms with E-state index in [1.807, 2.05) is 66.8 Å². The van der Waals surface area contributed by atoms with E-state index in [1.54, 1.807) is 12.4 Å². The van der Waals surface area contributed by atoms with Crippen molar-refractivity contribution < 1.29 is 5.11 Å². The van der Waals surface area contributed by atoms with Crippen molar-refractivity contribution in [2.45, 2.75) is 0 Å². The minimum Gasteiger partial charge on any atom is -0.494 e. The molecule has 3 aromatic heterocycles. The molecular formula is C22H15N5O. The van der Waals surface area contributed by atoms with Gasteiger partial charge in [-0.15, -0.1) is 10.2 Å². The normalized spacial score (nSPS) is 13.7. The molecule has 1 aromatic carbocycles. The number of pyridine rings is 2. The molecule has 4 heterocycles. The Bertz CT molecular complexity index is 1370. The molecule has 5 rings (SSSR count). The van der Waals surface area contributed by atoms with Crippen LogP contribution in [0.2, 0.25) is 0 Å². The topological polar surface area (TPSA) is 86.5 Å². The number of nitrogens with one attached hydrogen (secondary N) is 1. The summed E-state index contributed by atoms with van der Waals surface area (Å²) in [6.07, 6.45) is 9.19. The van der Waals surface area contributed by atoms with Crippen LogP contribution in [0.5, 0.6) is 5.88 Å². The first kappa shape index (κ1) is 16.1. The lowest BCUT2D eigenvalue weighted by atomic mass is 10.1. The van der Waals surface area contributed by atoms with Crippen LogP contribution < -0.4 is 10.4 Å². The number of benzene rings is 1. The molecule has 0 saturated heterocycles. The molecule has 0 radical (unpaired) electrons. The summed E-state index contributed by atoms with van der Waals surface area (Å²) in [6, 6.07) is 15.5. The smallest absolute Gasteiger partial charge is 0.198 e. The lowest BCUT2D eigenvalue weighted by molar-refractivity contribution is 0.457. The summed E-state index contributed by atoms with van der Waals surface area (Å²) in [7, 11) is 0. The molecule has 0 atom stereocenters. The van der Waals surface area contributed by atoms with Gasteiger partial charge in [0.15, 0.2) is 5.88 Å². The van der Waals surface area contributed by atoms with Crippen molar-refractivity contribution in [3.63, 3.8) is 0 Å². The van der Waals surface area contributed by atoms with Crippen molar-refractivity contribution in [2.75, 3.05) is 0 Å². The van der Waals surface area contributed by atoms with Crippen molar-refractivity contribution in [3.05, 3.63) is 88.7 Å². The number of hydrogen-bond donors (Lipinski definition) is 2. The Morgan fingerprint density at radius 2 is 1.82 bits per heavy atom. The molecule has 1 aliphatic rings. The second-order valence-electron chi connectivity index (χ2n) is 6.38. The predicted molar refractivity (Wildman–Crippen MR) is 108 cm³/mol. The highest BCUT2D eigenvalue weighted by Gasteiger charge is 2.10. The molecule has 4 aromatic rings. The zero-order valence-corrected chi connectivity index (χ0v) is 14.7. The predicted octanol–water partition coefficient (Wildman–Crippen LogP) is 3.41. The molecule has 28 heavy (non-hydrogen) atoms. The molecule has 0 aliphatic carbocycles. The number of rotatable bonds is 3. The highest BCUT2D eigenvalue weighted by Crippen LogP contribution is 2.26. The molecule has 0 fully saturated rings. The monoisotopic (exact) mass is 365 g/mol. The minimum absolute atomic E-state index is 0.0985. The maximum atomic E-state index is 10.2. The van der Waals surface area contributed by atoms with Crippen LogP contribution in [0.3, 0.4) is 0 Å². The van der Waals surface area contributed by atoms with Crippen LogP contribution in [0.4, 0.5) is 5.69 Å². The number of azo groups is 1. The number of aromatic hydroxyl groups is 1. The van der Waals surface area contributed by atoms with E-state index in [-0.39, 0.29) is 5.88 Å². The molecule has 6 heteroatoms. The maximum absolute atomic E-state index is 10.2. The van der Waals surface area contributed by atoms with Crippen LogP contribution in [0, 0.1) is 0 Å². The number of H-pyrrole nitrogens is 1. The summed E-state index contributed by atoms with van der Waals surface area (Å²) in [5.41, 5.74) is 3.82. The summed E-state index contributed by atoms with van der Waals surface area (Å²) in [5.74, 6) is 0.0985. The summed E-state index contributed by atoms with van der Waals surface area (Å²) < 4.78 is 0. The fourth-order valence-corrected chi connectivity index (χ4v) is 3.20. The Labute approximate surface area is 160 Å². The Kier molecular flexibility index (Phi) is 3.80. The highest BCUT2D eigenvalue weighted by molar-refractivity contribution is 5.89. The van der Waals surface area contributed by atoms with Gasteiger partial charge in [-0.2, -0.15) is 0 Å². The van der Waals surface area contributed by atoms with Crippen molar-refractivity contribution in [1.82, 2.24) is 15.0 Å². The lowest BCUT2D eigenvalue weighted by Gasteiger charge is -1.94. The first-order valence-corrected chi connectivity index (χ1v) is 8.80. The van der Waals surface area contributed by atoms with Crippen LogP contribution in [0.25, 0.3) is 28.9 Å². The van der Waals surface area contributed by atoms with E-state index in [0.717, 1.165) is 32.9 Å². The Balaban J connectivity index is 1.56. The molecule has 0 saturated carbocycles. The fourth-order valence-electron chi connectivity index (χ4n) is 3.20. The van der Waals surface area contributed by atoms with E-state index >= 15 is 0 Å². The average molecular weight is 365 g/mol. The van der Waals surface area contributed by atoms with Gasteiger partial charge in [-0.1, -0.05) is 12.1 Å². The van der Waals surface area contributed by atoms with Crippen molar-refractivity contribution in [1.29, 1.82) is 0 Å². The molecule has 0 unspecified atom stereocenters. The summed E-state index contributed by atoms with van der Waals surface area (Å²) >= 11 is 0. The molecule has 0 spiro atoms. The molecular weight excluding hydrogens is 350 g/mol. The van der Waals surface area contributed by atoms with Crippen LogP contribution in [-0.2, 0) is 0 Å². The van der Waals surface area contributed by atoms with Gasteiger partial charge in [-0.25, -0.2) is 4.98 Å². The zero-order valence-electron chi connectivity index (χ0n) is 14.7. The summed E-state index contributed by atoms with van der Waals surface area (Å²) in [4.78, 5) is 11.4. The van der Waals surface area contributed by atoms with Crippen molar-refractivity contribution in [2.24, 2.45) is 10.2 Å². The number of hydrogen-bond acceptors (Lipinski definition) is 5. The number of aromatic amines is 1. The highest BCUT2D eigenvalue weighted by atomic mass is 16.3. The van der Waals surface area contributed by atoms with Gasteiger partial charge in [-0.3, -0.25) is 4.98 Å². The Morgan fingerprint density at radius 1 is 0.893 bits per heavy atom. The van der Waals surface area contributed by atoms with Crippen LogP contribution in [0.1, 0.15) is 11.3 Å². The van der Waals surface area contributed by atoms with Gasteiger partial charge in [0, 0.05) is 28.6 Å². The Morgan fingerprint density at radius 3 is 2.71 bits per heavy atom. The molecule has 0 bridgehead atoms. The summed E-state index contributed by atoms with van der Waals surface area (Å²) in [5, 5.41) is 21.5.